The van der Waals surface area contributed by atoms with E-state index in [4.69, 9.17) is 0 Å². The molecule has 0 amide bonds. The summed E-state index contributed by atoms with van der Waals surface area (Å²) >= 11 is 0. The van der Waals surface area contributed by atoms with Gasteiger partial charge in [-0.15, -0.1) is 0 Å². The molecule has 0 radical (unpaired) electrons. The van der Waals surface area contributed by atoms with Crippen LogP contribution in [0.2, 0.25) is 0 Å². The van der Waals surface area contributed by atoms with Gasteiger partial charge in [-0.25, -0.2) is 24.3 Å². The lowest BCUT2D eigenvalue weighted by atomic mass is 9.76. The number of aromatic amines is 1. The van der Waals surface area contributed by atoms with E-state index in [1.807, 2.05) is 18.2 Å². The molecule has 4 aromatic rings. The quantitative estimate of drug-likeness (QED) is 0.445. The van der Waals surface area contributed by atoms with E-state index in [1.54, 1.807) is 18.6 Å². The van der Waals surface area contributed by atoms with Crippen LogP contribution in [0.4, 0.5) is 4.39 Å². The van der Waals surface area contributed by atoms with E-state index in [0.29, 0.717) is 35.4 Å². The minimum atomic E-state index is -0.343. The number of hydrogen-bond donors (Lipinski definition) is 1. The van der Waals surface area contributed by atoms with Crippen LogP contribution in [0.5, 0.6) is 0 Å². The third kappa shape index (κ3) is 4.28. The van der Waals surface area contributed by atoms with Crippen LogP contribution >= 0.6 is 0 Å². The molecule has 5 rings (SSSR count). The lowest BCUT2D eigenvalue weighted by Gasteiger charge is -2.29. The Morgan fingerprint density at radius 2 is 2.03 bits per heavy atom. The maximum absolute atomic E-state index is 14.6. The second kappa shape index (κ2) is 8.94. The molecule has 6 nitrogen and oxygen atoms in total. The van der Waals surface area contributed by atoms with Gasteiger partial charge in [0.25, 0.3) is 0 Å². The van der Waals surface area contributed by atoms with Gasteiger partial charge in [-0.05, 0) is 48.8 Å². The van der Waals surface area contributed by atoms with Crippen molar-refractivity contribution in [2.24, 2.45) is 11.8 Å². The lowest BCUT2D eigenvalue weighted by Crippen LogP contribution is -2.19. The number of fused-ring (bicyclic) bond motifs is 1. The first-order valence-electron chi connectivity index (χ1n) is 11.1. The molecule has 4 aromatic heterocycles. The molecule has 1 aliphatic rings. The van der Waals surface area contributed by atoms with Crippen molar-refractivity contribution in [2.45, 2.75) is 38.5 Å². The molecule has 0 unspecified atom stereocenters. The predicted octanol–water partition coefficient (Wildman–Crippen LogP) is 5.40. The Morgan fingerprint density at radius 1 is 1.12 bits per heavy atom. The molecule has 0 saturated heterocycles. The summed E-state index contributed by atoms with van der Waals surface area (Å²) in [6, 6.07) is 5.92. The summed E-state index contributed by atoms with van der Waals surface area (Å²) in [6.45, 7) is 4.25. The summed E-state index contributed by atoms with van der Waals surface area (Å²) in [5.41, 5.74) is 4.02. The highest BCUT2D eigenvalue weighted by atomic mass is 19.1. The number of pyridine rings is 1. The Bertz CT molecular complexity index is 1240. The van der Waals surface area contributed by atoms with Crippen molar-refractivity contribution in [1.29, 1.82) is 0 Å². The van der Waals surface area contributed by atoms with Gasteiger partial charge in [0.15, 0.2) is 11.6 Å². The lowest BCUT2D eigenvalue weighted by molar-refractivity contribution is 0.265. The largest absolute Gasteiger partial charge is 0.345 e. The van der Waals surface area contributed by atoms with Crippen LogP contribution in [0.15, 0.2) is 55.9 Å². The highest BCUT2D eigenvalue weighted by Gasteiger charge is 2.25. The molecule has 1 fully saturated rings. The minimum absolute atomic E-state index is 0.343. The standard InChI is InChI=1S/C25H25FN6/c1-16(22-7-2-3-8-28-22)9-17-5-4-6-18(10-17)11-23-21(26)14-30-25(32-23)20-13-29-24-19(20)12-27-15-31-24/h2-3,7-8,12-15,17-18H,1,4-6,9-11H2,(H,27,29,31)/t17-,18-/m1/s1. The first-order chi connectivity index (χ1) is 15.7. The van der Waals surface area contributed by atoms with Crippen LogP contribution in [-0.2, 0) is 6.42 Å². The van der Waals surface area contributed by atoms with E-state index in [-0.39, 0.29) is 5.82 Å². The molecular formula is C25H25FN6. The van der Waals surface area contributed by atoms with Gasteiger partial charge in [-0.3, -0.25) is 4.98 Å². The smallest absolute Gasteiger partial charge is 0.163 e. The topological polar surface area (TPSA) is 80.2 Å². The van der Waals surface area contributed by atoms with Gasteiger partial charge in [0.2, 0.25) is 0 Å². The Labute approximate surface area is 186 Å². The van der Waals surface area contributed by atoms with Crippen molar-refractivity contribution in [1.82, 2.24) is 29.9 Å². The Hall–Kier alpha value is -3.48. The van der Waals surface area contributed by atoms with Gasteiger partial charge < -0.3 is 4.98 Å². The van der Waals surface area contributed by atoms with Gasteiger partial charge in [0.05, 0.1) is 17.6 Å². The molecule has 32 heavy (non-hydrogen) atoms. The van der Waals surface area contributed by atoms with Gasteiger partial charge in [-0.1, -0.05) is 31.9 Å². The number of nitrogens with one attached hydrogen (secondary N) is 1. The minimum Gasteiger partial charge on any atom is -0.345 e. The fraction of sp³-hybridized carbons (Fsp3) is 0.320. The predicted molar refractivity (Wildman–Crippen MR) is 122 cm³/mol. The van der Waals surface area contributed by atoms with E-state index in [0.717, 1.165) is 47.9 Å². The van der Waals surface area contributed by atoms with Gasteiger partial charge in [0, 0.05) is 29.5 Å². The van der Waals surface area contributed by atoms with Crippen molar-refractivity contribution < 1.29 is 4.39 Å². The third-order valence-corrected chi connectivity index (χ3v) is 6.35. The van der Waals surface area contributed by atoms with Gasteiger partial charge >= 0.3 is 0 Å². The number of H-pyrrole nitrogens is 1. The summed E-state index contributed by atoms with van der Waals surface area (Å²) < 4.78 is 14.6. The van der Waals surface area contributed by atoms with E-state index in [1.165, 1.54) is 18.9 Å². The molecule has 162 valence electrons. The molecule has 7 heteroatoms. The molecule has 0 aliphatic heterocycles. The fourth-order valence-corrected chi connectivity index (χ4v) is 4.79. The van der Waals surface area contributed by atoms with E-state index in [2.05, 4.69) is 36.5 Å². The zero-order valence-electron chi connectivity index (χ0n) is 17.8. The number of halogens is 1. The van der Waals surface area contributed by atoms with Crippen LogP contribution < -0.4 is 0 Å². The second-order valence-corrected chi connectivity index (χ2v) is 8.60. The van der Waals surface area contributed by atoms with E-state index < -0.39 is 0 Å². The van der Waals surface area contributed by atoms with Crippen molar-refractivity contribution in [3.8, 4) is 11.4 Å². The average Bonchev–Trinajstić information content (AvgIpc) is 3.26. The molecule has 1 aliphatic carbocycles. The molecule has 4 heterocycles. The summed E-state index contributed by atoms with van der Waals surface area (Å²) in [5, 5.41) is 0.829. The summed E-state index contributed by atoms with van der Waals surface area (Å²) in [7, 11) is 0. The third-order valence-electron chi connectivity index (χ3n) is 6.35. The van der Waals surface area contributed by atoms with Crippen molar-refractivity contribution >= 4 is 16.6 Å². The van der Waals surface area contributed by atoms with Crippen LogP contribution in [-0.4, -0.2) is 29.9 Å². The molecular weight excluding hydrogens is 403 g/mol. The number of rotatable bonds is 6. The molecule has 1 saturated carbocycles. The van der Waals surface area contributed by atoms with Crippen molar-refractivity contribution in [3.63, 3.8) is 0 Å². The van der Waals surface area contributed by atoms with Crippen molar-refractivity contribution in [2.75, 3.05) is 0 Å². The number of aromatic nitrogens is 6. The first-order valence-corrected chi connectivity index (χ1v) is 11.1. The average molecular weight is 429 g/mol. The molecule has 2 atom stereocenters. The Kier molecular flexibility index (Phi) is 5.71. The highest BCUT2D eigenvalue weighted by molar-refractivity contribution is 5.90. The normalized spacial score (nSPS) is 18.7. The zero-order chi connectivity index (χ0) is 21.9. The Balaban J connectivity index is 1.30. The van der Waals surface area contributed by atoms with Gasteiger partial charge in [0.1, 0.15) is 12.0 Å². The maximum atomic E-state index is 14.6. The van der Waals surface area contributed by atoms with Crippen LogP contribution in [0.1, 0.15) is 43.5 Å². The van der Waals surface area contributed by atoms with Crippen LogP contribution in [0.3, 0.4) is 0 Å². The summed E-state index contributed by atoms with van der Waals surface area (Å²) in [6.07, 6.45) is 14.1. The fourth-order valence-electron chi connectivity index (χ4n) is 4.79. The Morgan fingerprint density at radius 3 is 2.91 bits per heavy atom. The molecule has 0 spiro atoms. The molecule has 0 aromatic carbocycles. The molecule has 1 N–H and O–H groups in total. The van der Waals surface area contributed by atoms with Crippen LogP contribution in [0.25, 0.3) is 28.0 Å². The van der Waals surface area contributed by atoms with Gasteiger partial charge in [-0.2, -0.15) is 0 Å². The SMILES string of the molecule is C=C(C[C@H]1CCC[C@@H](Cc2nc(-c3c[nH]c4ncncc34)ncc2F)C1)c1ccccn1. The monoisotopic (exact) mass is 428 g/mol. The second-order valence-electron chi connectivity index (χ2n) is 8.60. The number of hydrogen-bond acceptors (Lipinski definition) is 5. The number of allylic oxidation sites excluding steroid dienone is 1. The first kappa shape index (κ1) is 20.4. The number of nitrogens with zero attached hydrogens (tertiary/aromatic N) is 5. The molecule has 0 bridgehead atoms. The summed E-state index contributed by atoms with van der Waals surface area (Å²) in [4.78, 5) is 24.7. The zero-order valence-corrected chi connectivity index (χ0v) is 17.8. The van der Waals surface area contributed by atoms with Crippen molar-refractivity contribution in [3.05, 3.63) is 73.1 Å². The maximum Gasteiger partial charge on any atom is 0.163 e. The summed E-state index contributed by atoms with van der Waals surface area (Å²) in [5.74, 6) is 1.09. The van der Waals surface area contributed by atoms with E-state index >= 15 is 0 Å². The highest BCUT2D eigenvalue weighted by Crippen LogP contribution is 2.36. The van der Waals surface area contributed by atoms with E-state index in [9.17, 15) is 4.39 Å². The van der Waals surface area contributed by atoms with Crippen LogP contribution in [0, 0.1) is 17.7 Å².